The van der Waals surface area contributed by atoms with E-state index in [2.05, 4.69) is 15.6 Å². The Morgan fingerprint density at radius 3 is 2.64 bits per heavy atom. The molecule has 3 heterocycles. The number of hydrogen-bond acceptors (Lipinski definition) is 6. The first kappa shape index (κ1) is 25.0. The van der Waals surface area contributed by atoms with Crippen LogP contribution in [0.2, 0.25) is 0 Å². The molecule has 1 unspecified atom stereocenters. The summed E-state index contributed by atoms with van der Waals surface area (Å²) in [5, 5.41) is 6.78. The van der Waals surface area contributed by atoms with Gasteiger partial charge in [-0.25, -0.2) is 14.2 Å². The number of benzene rings is 1. The standard InChI is InChI=1S/C27H29FN4O4/c1-16(2)14-32-24(27(34)35-4)23(31-26(33)19-9-10-36-15-19)21-12-20(13-29-25(21)32)30-17(3)11-18-7-5-6-8-22(18)28/h5-10,12-13,15-17,30H,11,14H2,1-4H3,(H,31,33). The molecule has 2 N–H and O–H groups in total. The average Bonchev–Trinajstić information content (AvgIpc) is 3.47. The molecule has 3 aromatic heterocycles. The summed E-state index contributed by atoms with van der Waals surface area (Å²) in [4.78, 5) is 30.4. The van der Waals surface area contributed by atoms with E-state index in [1.807, 2.05) is 26.8 Å². The van der Waals surface area contributed by atoms with Crippen molar-refractivity contribution in [2.45, 2.75) is 39.8 Å². The lowest BCUT2D eigenvalue weighted by Gasteiger charge is -2.16. The van der Waals surface area contributed by atoms with Crippen LogP contribution in [-0.2, 0) is 17.7 Å². The highest BCUT2D eigenvalue weighted by Crippen LogP contribution is 2.34. The molecule has 9 heteroatoms. The van der Waals surface area contributed by atoms with Crippen molar-refractivity contribution in [3.05, 3.63) is 77.8 Å². The number of hydrogen-bond donors (Lipinski definition) is 2. The number of methoxy groups -OCH3 is 1. The first-order valence-electron chi connectivity index (χ1n) is 11.7. The fourth-order valence-electron chi connectivity index (χ4n) is 4.19. The van der Waals surface area contributed by atoms with Gasteiger partial charge in [-0.3, -0.25) is 4.79 Å². The van der Waals surface area contributed by atoms with Crippen molar-refractivity contribution in [3.8, 4) is 0 Å². The number of halogens is 1. The first-order chi connectivity index (χ1) is 17.3. The number of furan rings is 1. The highest BCUT2D eigenvalue weighted by Gasteiger charge is 2.27. The third kappa shape index (κ3) is 5.25. The molecule has 188 valence electrons. The number of pyridine rings is 1. The van der Waals surface area contributed by atoms with E-state index in [1.165, 1.54) is 31.8 Å². The van der Waals surface area contributed by atoms with Crippen LogP contribution >= 0.6 is 0 Å². The maximum atomic E-state index is 14.1. The summed E-state index contributed by atoms with van der Waals surface area (Å²) in [5.74, 6) is -1.07. The second kappa shape index (κ2) is 10.6. The predicted octanol–water partition coefficient (Wildman–Crippen LogP) is 5.51. The van der Waals surface area contributed by atoms with E-state index in [0.717, 1.165) is 0 Å². The van der Waals surface area contributed by atoms with Gasteiger partial charge in [-0.1, -0.05) is 32.0 Å². The van der Waals surface area contributed by atoms with Gasteiger partial charge in [-0.05, 0) is 43.0 Å². The number of esters is 1. The van der Waals surface area contributed by atoms with Gasteiger partial charge in [-0.15, -0.1) is 0 Å². The van der Waals surface area contributed by atoms with E-state index in [-0.39, 0.29) is 23.5 Å². The van der Waals surface area contributed by atoms with Gasteiger partial charge in [0.2, 0.25) is 0 Å². The number of fused-ring (bicyclic) bond motifs is 1. The summed E-state index contributed by atoms with van der Waals surface area (Å²) in [6.45, 7) is 6.49. The molecule has 1 amide bonds. The van der Waals surface area contributed by atoms with Crippen molar-refractivity contribution in [1.82, 2.24) is 9.55 Å². The topological polar surface area (TPSA) is 98.4 Å². The van der Waals surface area contributed by atoms with E-state index in [4.69, 9.17) is 9.15 Å². The maximum Gasteiger partial charge on any atom is 0.356 e. The molecule has 0 bridgehead atoms. The summed E-state index contributed by atoms with van der Waals surface area (Å²) in [6.07, 6.45) is 4.87. The number of anilines is 2. The number of carbonyl (C=O) groups is 2. The number of amides is 1. The Kier molecular flexibility index (Phi) is 7.38. The number of rotatable bonds is 9. The van der Waals surface area contributed by atoms with Gasteiger partial charge in [0.15, 0.2) is 5.69 Å². The van der Waals surface area contributed by atoms with E-state index >= 15 is 0 Å². The minimum atomic E-state index is -0.585. The molecule has 0 saturated heterocycles. The molecule has 0 radical (unpaired) electrons. The zero-order valence-electron chi connectivity index (χ0n) is 20.7. The Hall–Kier alpha value is -4.14. The van der Waals surface area contributed by atoms with Gasteiger partial charge in [0.1, 0.15) is 17.7 Å². The summed E-state index contributed by atoms with van der Waals surface area (Å²) in [6, 6.07) is 9.92. The van der Waals surface area contributed by atoms with E-state index in [9.17, 15) is 14.0 Å². The number of ether oxygens (including phenoxy) is 1. The van der Waals surface area contributed by atoms with Gasteiger partial charge in [0, 0.05) is 18.0 Å². The number of carbonyl (C=O) groups excluding carboxylic acids is 2. The fraction of sp³-hybridized carbons (Fsp3) is 0.296. The van der Waals surface area contributed by atoms with Crippen LogP contribution in [0.4, 0.5) is 15.8 Å². The van der Waals surface area contributed by atoms with Crippen LogP contribution < -0.4 is 10.6 Å². The van der Waals surface area contributed by atoms with Crippen LogP contribution in [0.15, 0.2) is 59.5 Å². The Labute approximate surface area is 208 Å². The second-order valence-electron chi connectivity index (χ2n) is 9.12. The fourth-order valence-corrected chi connectivity index (χ4v) is 4.19. The molecule has 36 heavy (non-hydrogen) atoms. The van der Waals surface area contributed by atoms with Crippen LogP contribution in [0.5, 0.6) is 0 Å². The number of aromatic nitrogens is 2. The third-order valence-corrected chi connectivity index (χ3v) is 5.74. The van der Waals surface area contributed by atoms with Crippen molar-refractivity contribution in [3.63, 3.8) is 0 Å². The second-order valence-corrected chi connectivity index (χ2v) is 9.12. The van der Waals surface area contributed by atoms with Gasteiger partial charge in [0.05, 0.1) is 36.5 Å². The molecule has 0 aliphatic rings. The smallest absolute Gasteiger partial charge is 0.356 e. The zero-order valence-corrected chi connectivity index (χ0v) is 20.7. The minimum absolute atomic E-state index is 0.108. The molecule has 0 fully saturated rings. The van der Waals surface area contributed by atoms with Crippen molar-refractivity contribution in [2.75, 3.05) is 17.7 Å². The Morgan fingerprint density at radius 2 is 1.97 bits per heavy atom. The van der Waals surface area contributed by atoms with Crippen molar-refractivity contribution in [2.24, 2.45) is 5.92 Å². The molecule has 8 nitrogen and oxygen atoms in total. The third-order valence-electron chi connectivity index (χ3n) is 5.74. The molecular weight excluding hydrogens is 463 g/mol. The summed E-state index contributed by atoms with van der Waals surface area (Å²) in [7, 11) is 1.30. The quantitative estimate of drug-likeness (QED) is 0.299. The van der Waals surface area contributed by atoms with Crippen LogP contribution in [-0.4, -0.2) is 34.6 Å². The van der Waals surface area contributed by atoms with E-state index in [1.54, 1.807) is 29.0 Å². The maximum absolute atomic E-state index is 14.1. The molecule has 4 aromatic rings. The lowest BCUT2D eigenvalue weighted by molar-refractivity contribution is 0.0589. The normalized spacial score (nSPS) is 12.1. The Bertz CT molecular complexity index is 1380. The van der Waals surface area contributed by atoms with Crippen LogP contribution in [0.25, 0.3) is 11.0 Å². The molecule has 1 aromatic carbocycles. The monoisotopic (exact) mass is 492 g/mol. The first-order valence-corrected chi connectivity index (χ1v) is 11.7. The zero-order chi connectivity index (χ0) is 25.8. The lowest BCUT2D eigenvalue weighted by atomic mass is 10.1. The Morgan fingerprint density at radius 1 is 1.19 bits per heavy atom. The summed E-state index contributed by atoms with van der Waals surface area (Å²) >= 11 is 0. The highest BCUT2D eigenvalue weighted by atomic mass is 19.1. The van der Waals surface area contributed by atoms with E-state index < -0.39 is 11.9 Å². The molecule has 1 atom stereocenters. The molecule has 0 aliphatic heterocycles. The molecule has 0 spiro atoms. The predicted molar refractivity (Wildman–Crippen MR) is 136 cm³/mol. The van der Waals surface area contributed by atoms with Gasteiger partial charge in [-0.2, -0.15) is 0 Å². The van der Waals surface area contributed by atoms with Crippen LogP contribution in [0, 0.1) is 11.7 Å². The summed E-state index contributed by atoms with van der Waals surface area (Å²) in [5.41, 5.74) is 2.65. The van der Waals surface area contributed by atoms with Crippen molar-refractivity contribution in [1.29, 1.82) is 0 Å². The van der Waals surface area contributed by atoms with Gasteiger partial charge < -0.3 is 24.4 Å². The number of nitrogens with zero attached hydrogens (tertiary/aromatic N) is 2. The number of nitrogens with one attached hydrogen (secondary N) is 2. The Balaban J connectivity index is 1.75. The van der Waals surface area contributed by atoms with Crippen LogP contribution in [0.3, 0.4) is 0 Å². The van der Waals surface area contributed by atoms with Gasteiger partial charge >= 0.3 is 5.97 Å². The van der Waals surface area contributed by atoms with Crippen LogP contribution in [0.1, 0.15) is 47.2 Å². The lowest BCUT2D eigenvalue weighted by Crippen LogP contribution is -2.19. The largest absolute Gasteiger partial charge is 0.472 e. The van der Waals surface area contributed by atoms with Crippen molar-refractivity contribution >= 4 is 34.3 Å². The van der Waals surface area contributed by atoms with Crippen molar-refractivity contribution < 1.29 is 23.1 Å². The molecule has 0 aliphatic carbocycles. The molecule has 0 saturated carbocycles. The minimum Gasteiger partial charge on any atom is -0.472 e. The SMILES string of the molecule is COC(=O)c1c(NC(=O)c2ccoc2)c2cc(NC(C)Cc3ccccc3F)cnc2n1CC(C)C. The molecule has 4 rings (SSSR count). The molecular formula is C27H29FN4O4. The van der Waals surface area contributed by atoms with E-state index in [0.29, 0.717) is 46.5 Å². The summed E-state index contributed by atoms with van der Waals surface area (Å²) < 4.78 is 26.0. The average molecular weight is 493 g/mol. The van der Waals surface area contributed by atoms with Gasteiger partial charge in [0.25, 0.3) is 5.91 Å². The highest BCUT2D eigenvalue weighted by molar-refractivity contribution is 6.14.